The van der Waals surface area contributed by atoms with E-state index in [1.165, 1.54) is 16.6 Å². The number of rotatable bonds is 5. The highest BCUT2D eigenvalue weighted by atomic mass is 35.5. The minimum absolute atomic E-state index is 0.188. The molecule has 1 aliphatic carbocycles. The highest BCUT2D eigenvalue weighted by Gasteiger charge is 2.29. The van der Waals surface area contributed by atoms with Crippen LogP contribution in [0.1, 0.15) is 63.1 Å². The average Bonchev–Trinajstić information content (AvgIpc) is 3.49. The van der Waals surface area contributed by atoms with Crippen LogP contribution in [0.2, 0.25) is 5.02 Å². The molecule has 0 radical (unpaired) electrons. The Morgan fingerprint density at radius 3 is 2.78 bits per heavy atom. The number of amidine groups is 1. The molecule has 0 bridgehead atoms. The van der Waals surface area contributed by atoms with Crippen molar-refractivity contribution in [2.75, 3.05) is 6.61 Å². The third-order valence-electron chi connectivity index (χ3n) is 6.64. The predicted octanol–water partition coefficient (Wildman–Crippen LogP) is 7.06. The van der Waals surface area contributed by atoms with Crippen molar-refractivity contribution in [3.05, 3.63) is 72.7 Å². The normalized spacial score (nSPS) is 17.4. The number of hydrogen-bond acceptors (Lipinski definition) is 6. The molecule has 0 saturated carbocycles. The lowest BCUT2D eigenvalue weighted by atomic mass is 9.95. The van der Waals surface area contributed by atoms with Crippen LogP contribution in [0.25, 0.3) is 11.1 Å². The highest BCUT2D eigenvalue weighted by Crippen LogP contribution is 2.40. The van der Waals surface area contributed by atoms with Gasteiger partial charge >= 0.3 is 5.97 Å². The molecule has 0 unspecified atom stereocenters. The first-order valence-electron chi connectivity index (χ1n) is 12.3. The lowest BCUT2D eigenvalue weighted by Crippen LogP contribution is -2.19. The molecule has 1 fully saturated rings. The Balaban J connectivity index is 1.51. The van der Waals surface area contributed by atoms with E-state index in [0.717, 1.165) is 64.4 Å². The first kappa shape index (κ1) is 25.8. The van der Waals surface area contributed by atoms with Crippen LogP contribution in [0.4, 0.5) is 5.69 Å². The zero-order valence-corrected chi connectivity index (χ0v) is 23.6. The van der Waals surface area contributed by atoms with Crippen molar-refractivity contribution >= 4 is 63.5 Å². The number of nitrogens with zero attached hydrogens (tertiary/aromatic N) is 2. The fourth-order valence-corrected chi connectivity index (χ4v) is 7.28. The molecule has 192 valence electrons. The minimum Gasteiger partial charge on any atom is -0.462 e. The zero-order valence-electron chi connectivity index (χ0n) is 21.2. The Morgan fingerprint density at radius 1 is 1.22 bits per heavy atom. The number of amides is 1. The summed E-state index contributed by atoms with van der Waals surface area (Å²) in [5.41, 5.74) is 6.43. The number of hydrogen-bond donors (Lipinski definition) is 1. The molecule has 1 aliphatic heterocycles. The number of fused-ring (bicyclic) bond motifs is 1. The Morgan fingerprint density at radius 2 is 2.00 bits per heavy atom. The molecule has 1 aromatic carbocycles. The van der Waals surface area contributed by atoms with Crippen LogP contribution in [-0.2, 0) is 22.4 Å². The summed E-state index contributed by atoms with van der Waals surface area (Å²) in [5, 5.41) is 4.89. The molecular formula is C28H28ClN3O3S2. The summed E-state index contributed by atoms with van der Waals surface area (Å²) in [4.78, 5) is 32.3. The van der Waals surface area contributed by atoms with Crippen molar-refractivity contribution in [2.24, 2.45) is 4.99 Å². The number of benzene rings is 1. The summed E-state index contributed by atoms with van der Waals surface area (Å²) in [6, 6.07) is 7.56. The van der Waals surface area contributed by atoms with E-state index in [9.17, 15) is 9.59 Å². The van der Waals surface area contributed by atoms with Crippen LogP contribution in [0, 0.1) is 20.8 Å². The van der Waals surface area contributed by atoms with Crippen LogP contribution in [0.3, 0.4) is 0 Å². The molecule has 37 heavy (non-hydrogen) atoms. The van der Waals surface area contributed by atoms with Gasteiger partial charge in [0.1, 0.15) is 5.00 Å². The van der Waals surface area contributed by atoms with Gasteiger partial charge in [-0.15, -0.1) is 11.3 Å². The van der Waals surface area contributed by atoms with E-state index in [1.54, 1.807) is 17.4 Å². The molecule has 2 aliphatic rings. The Hall–Kier alpha value is -2.81. The second-order valence-electron chi connectivity index (χ2n) is 9.19. The van der Waals surface area contributed by atoms with Gasteiger partial charge in [-0.1, -0.05) is 17.7 Å². The maximum absolute atomic E-state index is 13.0. The zero-order chi connectivity index (χ0) is 26.3. The van der Waals surface area contributed by atoms with Crippen LogP contribution < -0.4 is 5.32 Å². The van der Waals surface area contributed by atoms with Gasteiger partial charge in [0.05, 0.1) is 22.8 Å². The number of esters is 1. The molecule has 6 nitrogen and oxygen atoms in total. The smallest absolute Gasteiger partial charge is 0.341 e. The number of carbonyl (C=O) groups is 2. The van der Waals surface area contributed by atoms with Crippen molar-refractivity contribution in [1.82, 2.24) is 9.88 Å². The van der Waals surface area contributed by atoms with Gasteiger partial charge in [-0.25, -0.2) is 9.79 Å². The van der Waals surface area contributed by atoms with Gasteiger partial charge < -0.3 is 14.6 Å². The van der Waals surface area contributed by atoms with Crippen LogP contribution in [0.5, 0.6) is 0 Å². The number of thiophene rings is 1. The summed E-state index contributed by atoms with van der Waals surface area (Å²) in [6.07, 6.45) is 6.02. The van der Waals surface area contributed by atoms with Gasteiger partial charge in [0.2, 0.25) is 0 Å². The molecule has 3 aromatic rings. The van der Waals surface area contributed by atoms with Gasteiger partial charge in [-0.2, -0.15) is 0 Å². The fourth-order valence-electron chi connectivity index (χ4n) is 4.80. The Labute approximate surface area is 229 Å². The quantitative estimate of drug-likeness (QED) is 0.271. The number of ether oxygens (including phenoxy) is 1. The van der Waals surface area contributed by atoms with Crippen LogP contribution >= 0.6 is 34.7 Å². The summed E-state index contributed by atoms with van der Waals surface area (Å²) in [5.74, 6) is -0.445. The van der Waals surface area contributed by atoms with E-state index in [0.29, 0.717) is 27.3 Å². The molecule has 2 aromatic heterocycles. The van der Waals surface area contributed by atoms with E-state index in [-0.39, 0.29) is 11.9 Å². The predicted molar refractivity (Wildman–Crippen MR) is 153 cm³/mol. The molecule has 5 rings (SSSR count). The molecule has 9 heteroatoms. The summed E-state index contributed by atoms with van der Waals surface area (Å²) in [7, 11) is 0. The molecule has 3 heterocycles. The van der Waals surface area contributed by atoms with E-state index in [1.807, 2.05) is 45.9 Å². The lowest BCUT2D eigenvalue weighted by Gasteiger charge is -2.13. The van der Waals surface area contributed by atoms with Crippen molar-refractivity contribution in [2.45, 2.75) is 53.4 Å². The fraction of sp³-hybridized carbons (Fsp3) is 0.321. The van der Waals surface area contributed by atoms with Crippen molar-refractivity contribution < 1.29 is 14.3 Å². The Kier molecular flexibility index (Phi) is 7.34. The third-order valence-corrected chi connectivity index (χ3v) is 9.06. The average molecular weight is 554 g/mol. The second-order valence-corrected chi connectivity index (χ2v) is 11.7. The minimum atomic E-state index is -0.257. The molecule has 0 spiro atoms. The Bertz CT molecular complexity index is 1480. The van der Waals surface area contributed by atoms with Gasteiger partial charge in [-0.05, 0) is 106 Å². The standard InChI is InChI=1S/C28H28ClN3O3S2/c1-5-35-27(34)24-20-8-6-7-9-22(20)36-26(24)32-16(3)12-18(17(32)4)13-23-25(33)31-28(37-23)30-21-14-19(29)11-10-15(21)2/h10-14H,5-9H2,1-4H3,(H,30,31,33)/b23-13-. The third kappa shape index (κ3) is 5.02. The van der Waals surface area contributed by atoms with E-state index >= 15 is 0 Å². The number of nitrogens with one attached hydrogen (secondary N) is 1. The van der Waals surface area contributed by atoms with E-state index in [2.05, 4.69) is 20.9 Å². The molecule has 1 N–H and O–H groups in total. The highest BCUT2D eigenvalue weighted by molar-refractivity contribution is 8.18. The summed E-state index contributed by atoms with van der Waals surface area (Å²) >= 11 is 9.12. The molecule has 1 saturated heterocycles. The number of halogens is 1. The van der Waals surface area contributed by atoms with E-state index < -0.39 is 0 Å². The summed E-state index contributed by atoms with van der Waals surface area (Å²) in [6.45, 7) is 8.18. The van der Waals surface area contributed by atoms with E-state index in [4.69, 9.17) is 16.3 Å². The number of aliphatic imine (C=N–C) groups is 1. The second kappa shape index (κ2) is 10.5. The van der Waals surface area contributed by atoms with Crippen LogP contribution in [0.15, 0.2) is 34.2 Å². The van der Waals surface area contributed by atoms with Crippen molar-refractivity contribution in [3.63, 3.8) is 0 Å². The van der Waals surface area contributed by atoms with Gasteiger partial charge in [0.15, 0.2) is 5.17 Å². The lowest BCUT2D eigenvalue weighted by molar-refractivity contribution is -0.115. The molecular weight excluding hydrogens is 526 g/mol. The topological polar surface area (TPSA) is 72.7 Å². The van der Waals surface area contributed by atoms with Gasteiger partial charge in [0, 0.05) is 21.3 Å². The number of aromatic nitrogens is 1. The van der Waals surface area contributed by atoms with Crippen molar-refractivity contribution in [3.8, 4) is 5.00 Å². The number of carbonyl (C=O) groups excluding carboxylic acids is 2. The maximum Gasteiger partial charge on any atom is 0.341 e. The number of aryl methyl sites for hydroxylation is 3. The first-order chi connectivity index (χ1) is 17.8. The molecule has 0 atom stereocenters. The van der Waals surface area contributed by atoms with Gasteiger partial charge in [-0.3, -0.25) is 4.79 Å². The largest absolute Gasteiger partial charge is 0.462 e. The monoisotopic (exact) mass is 553 g/mol. The number of thioether (sulfide) groups is 1. The van der Waals surface area contributed by atoms with Crippen molar-refractivity contribution in [1.29, 1.82) is 0 Å². The summed E-state index contributed by atoms with van der Waals surface area (Å²) < 4.78 is 7.59. The maximum atomic E-state index is 13.0. The molecule has 1 amide bonds. The SMILES string of the molecule is CCOC(=O)c1c(-n2c(C)cc(/C=C3\SC(=Nc4cc(Cl)ccc4C)NC3=O)c2C)sc2c1CCCC2. The van der Waals surface area contributed by atoms with Gasteiger partial charge in [0.25, 0.3) is 5.91 Å². The first-order valence-corrected chi connectivity index (χ1v) is 14.3. The van der Waals surface area contributed by atoms with Crippen LogP contribution in [-0.4, -0.2) is 28.2 Å².